The molecule has 2 rings (SSSR count). The van der Waals surface area contributed by atoms with Crippen LogP contribution in [0.5, 0.6) is 0 Å². The average Bonchev–Trinajstić information content (AvgIpc) is 2.77. The van der Waals surface area contributed by atoms with Gasteiger partial charge in [0.25, 0.3) is 0 Å². The zero-order valence-electron chi connectivity index (χ0n) is 9.46. The molecule has 100 valence electrons. The Morgan fingerprint density at radius 1 is 1.32 bits per heavy atom. The first kappa shape index (κ1) is 13.1. The minimum absolute atomic E-state index is 0.0394. The van der Waals surface area contributed by atoms with E-state index >= 15 is 0 Å². The van der Waals surface area contributed by atoms with Crippen molar-refractivity contribution in [1.29, 1.82) is 0 Å². The number of hydrogen-bond acceptors (Lipinski definition) is 3. The summed E-state index contributed by atoms with van der Waals surface area (Å²) in [5, 5.41) is 14.1. The van der Waals surface area contributed by atoms with Crippen LogP contribution >= 0.6 is 0 Å². The predicted molar refractivity (Wildman–Crippen MR) is 59.4 cm³/mol. The molecule has 1 aromatic heterocycles. The quantitative estimate of drug-likeness (QED) is 0.637. The smallest absolute Gasteiger partial charge is 0.358 e. The van der Waals surface area contributed by atoms with Gasteiger partial charge in [0.05, 0.1) is 29.5 Å². The molecule has 0 amide bonds. The Morgan fingerprint density at radius 3 is 2.63 bits per heavy atom. The van der Waals surface area contributed by atoms with Gasteiger partial charge in [-0.2, -0.15) is 17.9 Å². The molecule has 0 bridgehead atoms. The van der Waals surface area contributed by atoms with Crippen LogP contribution in [0.2, 0.25) is 0 Å². The lowest BCUT2D eigenvalue weighted by molar-refractivity contribution is -0.389. The van der Waals surface area contributed by atoms with E-state index in [0.29, 0.717) is 5.56 Å². The normalized spacial score (nSPS) is 11.5. The summed E-state index contributed by atoms with van der Waals surface area (Å²) in [5.41, 5.74) is -0.389. The van der Waals surface area contributed by atoms with Gasteiger partial charge in [0, 0.05) is 0 Å². The Hall–Kier alpha value is -2.38. The number of alkyl halides is 3. The van der Waals surface area contributed by atoms with Gasteiger partial charge in [0.15, 0.2) is 0 Å². The van der Waals surface area contributed by atoms with Crippen LogP contribution in [0.15, 0.2) is 36.5 Å². The van der Waals surface area contributed by atoms with Crippen LogP contribution in [0.1, 0.15) is 11.1 Å². The molecule has 19 heavy (non-hydrogen) atoms. The van der Waals surface area contributed by atoms with E-state index in [2.05, 4.69) is 5.10 Å². The van der Waals surface area contributed by atoms with Gasteiger partial charge in [-0.1, -0.05) is 12.1 Å². The van der Waals surface area contributed by atoms with Gasteiger partial charge in [0.1, 0.15) is 0 Å². The van der Waals surface area contributed by atoms with Gasteiger partial charge in [-0.3, -0.25) is 0 Å². The van der Waals surface area contributed by atoms with Crippen molar-refractivity contribution in [2.45, 2.75) is 12.7 Å². The van der Waals surface area contributed by atoms with E-state index in [1.54, 1.807) is 0 Å². The Bertz CT molecular complexity index is 607. The van der Waals surface area contributed by atoms with Crippen LogP contribution < -0.4 is 0 Å². The molecule has 1 aromatic carbocycles. The lowest BCUT2D eigenvalue weighted by atomic mass is 10.1. The fourth-order valence-electron chi connectivity index (χ4n) is 1.57. The molecule has 0 aliphatic heterocycles. The average molecular weight is 271 g/mol. The Labute approximate surface area is 105 Å². The molecular formula is C11H8F3N3O2. The second kappa shape index (κ2) is 4.71. The zero-order chi connectivity index (χ0) is 14.0. The van der Waals surface area contributed by atoms with Crippen LogP contribution in [0, 0.1) is 10.1 Å². The second-order valence-electron chi connectivity index (χ2n) is 3.83. The standard InChI is InChI=1S/C11H8F3N3O2/c12-11(13,14)9-3-1-2-8(6-9)7-16-5-4-10(15-16)17(18)19/h1-6H,7H2. The molecule has 0 radical (unpaired) electrons. The molecule has 0 saturated heterocycles. The summed E-state index contributed by atoms with van der Waals surface area (Å²) >= 11 is 0. The van der Waals surface area contributed by atoms with E-state index in [0.717, 1.165) is 12.1 Å². The van der Waals surface area contributed by atoms with Crippen molar-refractivity contribution in [2.24, 2.45) is 0 Å². The fourth-order valence-corrected chi connectivity index (χ4v) is 1.57. The second-order valence-corrected chi connectivity index (χ2v) is 3.83. The topological polar surface area (TPSA) is 61.0 Å². The molecule has 2 aromatic rings. The summed E-state index contributed by atoms with van der Waals surface area (Å²) in [6.07, 6.45) is -3.06. The van der Waals surface area contributed by atoms with E-state index in [4.69, 9.17) is 0 Å². The molecule has 0 N–H and O–H groups in total. The van der Waals surface area contributed by atoms with Crippen LogP contribution in [0.3, 0.4) is 0 Å². The first-order chi connectivity index (χ1) is 8.86. The minimum atomic E-state index is -4.41. The third-order valence-corrected chi connectivity index (χ3v) is 2.41. The third-order valence-electron chi connectivity index (χ3n) is 2.41. The summed E-state index contributed by atoms with van der Waals surface area (Å²) < 4.78 is 38.7. The SMILES string of the molecule is O=[N+]([O-])c1ccn(Cc2cccc(C(F)(F)F)c2)n1. The number of nitro groups is 1. The van der Waals surface area contributed by atoms with Crippen LogP contribution in [-0.4, -0.2) is 14.7 Å². The highest BCUT2D eigenvalue weighted by atomic mass is 19.4. The van der Waals surface area contributed by atoms with Crippen molar-refractivity contribution in [1.82, 2.24) is 9.78 Å². The number of aromatic nitrogens is 2. The van der Waals surface area contributed by atoms with Gasteiger partial charge in [-0.05, 0) is 22.6 Å². The van der Waals surface area contributed by atoms with Gasteiger partial charge < -0.3 is 10.1 Å². The summed E-state index contributed by atoms with van der Waals surface area (Å²) in [4.78, 5) is 9.77. The molecule has 0 aliphatic rings. The van der Waals surface area contributed by atoms with E-state index in [1.807, 2.05) is 0 Å². The molecule has 0 unspecified atom stereocenters. The van der Waals surface area contributed by atoms with E-state index in [-0.39, 0.29) is 12.4 Å². The van der Waals surface area contributed by atoms with Gasteiger partial charge in [-0.15, -0.1) is 0 Å². The fraction of sp³-hybridized carbons (Fsp3) is 0.182. The summed E-state index contributed by atoms with van der Waals surface area (Å²) in [6, 6.07) is 5.94. The van der Waals surface area contributed by atoms with E-state index < -0.39 is 16.7 Å². The first-order valence-corrected chi connectivity index (χ1v) is 5.20. The van der Waals surface area contributed by atoms with Crippen molar-refractivity contribution in [3.8, 4) is 0 Å². The molecule has 1 heterocycles. The number of halogens is 3. The highest BCUT2D eigenvalue weighted by molar-refractivity contribution is 5.26. The van der Waals surface area contributed by atoms with Crippen LogP contribution in [0.25, 0.3) is 0 Å². The van der Waals surface area contributed by atoms with Gasteiger partial charge >= 0.3 is 12.0 Å². The van der Waals surface area contributed by atoms with Crippen molar-refractivity contribution < 1.29 is 18.1 Å². The molecule has 0 atom stereocenters. The zero-order valence-corrected chi connectivity index (χ0v) is 9.46. The highest BCUT2D eigenvalue weighted by Gasteiger charge is 2.30. The summed E-state index contributed by atoms with van der Waals surface area (Å²) in [6.45, 7) is 0.0394. The minimum Gasteiger partial charge on any atom is -0.358 e. The van der Waals surface area contributed by atoms with Crippen molar-refractivity contribution in [2.75, 3.05) is 0 Å². The van der Waals surface area contributed by atoms with E-state index in [9.17, 15) is 23.3 Å². The largest absolute Gasteiger partial charge is 0.416 e. The number of hydrogen-bond donors (Lipinski definition) is 0. The van der Waals surface area contributed by atoms with Crippen molar-refractivity contribution in [3.63, 3.8) is 0 Å². The van der Waals surface area contributed by atoms with Gasteiger partial charge in [0.2, 0.25) is 0 Å². The predicted octanol–water partition coefficient (Wildman–Crippen LogP) is 2.86. The highest BCUT2D eigenvalue weighted by Crippen LogP contribution is 2.29. The van der Waals surface area contributed by atoms with Crippen LogP contribution in [0.4, 0.5) is 19.0 Å². The maximum absolute atomic E-state index is 12.5. The molecule has 8 heteroatoms. The first-order valence-electron chi connectivity index (χ1n) is 5.20. The molecule has 0 aliphatic carbocycles. The maximum atomic E-state index is 12.5. The lowest BCUT2D eigenvalue weighted by Crippen LogP contribution is -2.07. The summed E-state index contributed by atoms with van der Waals surface area (Å²) in [5.74, 6) is -0.341. The number of benzene rings is 1. The molecule has 0 spiro atoms. The molecule has 0 fully saturated rings. The van der Waals surface area contributed by atoms with Crippen LogP contribution in [-0.2, 0) is 12.7 Å². The molecular weight excluding hydrogens is 263 g/mol. The number of rotatable bonds is 3. The Kier molecular flexibility index (Phi) is 3.24. The Balaban J connectivity index is 2.21. The summed E-state index contributed by atoms with van der Waals surface area (Å²) in [7, 11) is 0. The van der Waals surface area contributed by atoms with Gasteiger partial charge in [-0.25, -0.2) is 0 Å². The van der Waals surface area contributed by atoms with Crippen molar-refractivity contribution >= 4 is 5.82 Å². The van der Waals surface area contributed by atoms with E-state index in [1.165, 1.54) is 29.1 Å². The monoisotopic (exact) mass is 271 g/mol. The molecule has 0 saturated carbocycles. The molecule has 5 nitrogen and oxygen atoms in total. The Morgan fingerprint density at radius 2 is 2.05 bits per heavy atom. The van der Waals surface area contributed by atoms with Crippen molar-refractivity contribution in [3.05, 3.63) is 57.8 Å². The maximum Gasteiger partial charge on any atom is 0.416 e. The third kappa shape index (κ3) is 3.09. The number of nitrogens with zero attached hydrogens (tertiary/aromatic N) is 3. The lowest BCUT2D eigenvalue weighted by Gasteiger charge is -2.07.